The Morgan fingerprint density at radius 1 is 1.04 bits per heavy atom. The summed E-state index contributed by atoms with van der Waals surface area (Å²) in [6.45, 7) is 3.22. The van der Waals surface area contributed by atoms with Crippen LogP contribution in [0.25, 0.3) is 11.4 Å². The maximum Gasteiger partial charge on any atom is 0.274 e. The Morgan fingerprint density at radius 3 is 2.56 bits per heavy atom. The molecule has 1 aromatic carbocycles. The average Bonchev–Trinajstić information content (AvgIpc) is 2.84. The van der Waals surface area contributed by atoms with Crippen molar-refractivity contribution in [3.8, 4) is 11.4 Å². The zero-order valence-corrected chi connectivity index (χ0v) is 14.2. The zero-order chi connectivity index (χ0) is 17.2. The number of halogens is 1. The van der Waals surface area contributed by atoms with E-state index in [1.165, 1.54) is 12.1 Å². The summed E-state index contributed by atoms with van der Waals surface area (Å²) in [6, 6.07) is 6.35. The van der Waals surface area contributed by atoms with Crippen LogP contribution in [-0.4, -0.2) is 46.7 Å². The number of imidazole rings is 1. The van der Waals surface area contributed by atoms with Crippen LogP contribution in [-0.2, 0) is 17.7 Å². The number of nitrogens with zero attached hydrogens (tertiary/aromatic N) is 3. The monoisotopic (exact) mass is 343 g/mol. The highest BCUT2D eigenvalue weighted by Gasteiger charge is 2.28. The third-order valence-electron chi connectivity index (χ3n) is 4.97. The molecule has 0 bridgehead atoms. The van der Waals surface area contributed by atoms with Crippen LogP contribution >= 0.6 is 0 Å². The molecule has 0 unspecified atom stereocenters. The van der Waals surface area contributed by atoms with Crippen molar-refractivity contribution in [1.82, 2.24) is 14.5 Å². The molecular weight excluding hydrogens is 321 g/mol. The van der Waals surface area contributed by atoms with Gasteiger partial charge in [0.1, 0.15) is 17.3 Å². The van der Waals surface area contributed by atoms with Crippen molar-refractivity contribution in [2.24, 2.45) is 0 Å². The van der Waals surface area contributed by atoms with Crippen LogP contribution in [0, 0.1) is 5.82 Å². The van der Waals surface area contributed by atoms with Crippen LogP contribution in [0.5, 0.6) is 0 Å². The molecule has 3 heterocycles. The highest BCUT2D eigenvalue weighted by Crippen LogP contribution is 2.28. The summed E-state index contributed by atoms with van der Waals surface area (Å²) in [6.07, 6.45) is 4.15. The molecule has 1 amide bonds. The fraction of sp³-hybridized carbons (Fsp3) is 0.474. The fourth-order valence-corrected chi connectivity index (χ4v) is 3.63. The van der Waals surface area contributed by atoms with Crippen LogP contribution in [0.2, 0.25) is 0 Å². The second-order valence-electron chi connectivity index (χ2n) is 6.60. The van der Waals surface area contributed by atoms with Crippen LogP contribution in [0.4, 0.5) is 4.39 Å². The summed E-state index contributed by atoms with van der Waals surface area (Å²) < 4.78 is 20.8. The number of carbonyl (C=O) groups is 1. The summed E-state index contributed by atoms with van der Waals surface area (Å²) in [4.78, 5) is 19.6. The van der Waals surface area contributed by atoms with E-state index in [1.54, 1.807) is 12.1 Å². The number of fused-ring (bicyclic) bond motifs is 1. The number of rotatable bonds is 2. The molecule has 0 spiro atoms. The normalized spacial score (nSPS) is 17.9. The predicted molar refractivity (Wildman–Crippen MR) is 91.9 cm³/mol. The Balaban J connectivity index is 1.76. The van der Waals surface area contributed by atoms with Crippen molar-refractivity contribution in [2.45, 2.75) is 32.2 Å². The van der Waals surface area contributed by atoms with Crippen molar-refractivity contribution >= 4 is 5.91 Å². The maximum atomic E-state index is 13.3. The van der Waals surface area contributed by atoms with Gasteiger partial charge >= 0.3 is 0 Å². The molecule has 0 N–H and O–H groups in total. The van der Waals surface area contributed by atoms with E-state index in [0.717, 1.165) is 49.3 Å². The highest BCUT2D eigenvalue weighted by molar-refractivity contribution is 5.94. The third kappa shape index (κ3) is 3.18. The van der Waals surface area contributed by atoms with Gasteiger partial charge in [-0.2, -0.15) is 0 Å². The molecule has 2 aliphatic rings. The highest BCUT2D eigenvalue weighted by atomic mass is 19.1. The topological polar surface area (TPSA) is 47.4 Å². The molecule has 1 saturated heterocycles. The molecule has 132 valence electrons. The van der Waals surface area contributed by atoms with Crippen LogP contribution in [0.15, 0.2) is 24.3 Å². The summed E-state index contributed by atoms with van der Waals surface area (Å²) in [5, 5.41) is 0. The van der Waals surface area contributed by atoms with Crippen molar-refractivity contribution in [1.29, 1.82) is 0 Å². The van der Waals surface area contributed by atoms with E-state index < -0.39 is 0 Å². The lowest BCUT2D eigenvalue weighted by atomic mass is 10.1. The number of amides is 1. The molecule has 2 aromatic rings. The Labute approximate surface area is 146 Å². The van der Waals surface area contributed by atoms with Crippen molar-refractivity contribution in [3.05, 3.63) is 41.5 Å². The zero-order valence-electron chi connectivity index (χ0n) is 14.2. The summed E-state index contributed by atoms with van der Waals surface area (Å²) >= 11 is 0. The molecule has 0 saturated carbocycles. The van der Waals surface area contributed by atoms with Gasteiger partial charge in [0, 0.05) is 25.2 Å². The first-order valence-electron chi connectivity index (χ1n) is 8.96. The second-order valence-corrected chi connectivity index (χ2v) is 6.60. The first kappa shape index (κ1) is 16.3. The lowest BCUT2D eigenvalue weighted by molar-refractivity contribution is 0.0298. The summed E-state index contributed by atoms with van der Waals surface area (Å²) in [7, 11) is 0. The quantitative estimate of drug-likeness (QED) is 0.842. The van der Waals surface area contributed by atoms with E-state index >= 15 is 0 Å². The molecule has 4 rings (SSSR count). The van der Waals surface area contributed by atoms with Crippen LogP contribution < -0.4 is 0 Å². The van der Waals surface area contributed by atoms with Crippen molar-refractivity contribution in [3.63, 3.8) is 0 Å². The van der Waals surface area contributed by atoms with Gasteiger partial charge in [0.25, 0.3) is 5.91 Å². The van der Waals surface area contributed by atoms with Gasteiger partial charge < -0.3 is 14.2 Å². The molecular formula is C19H22FN3O2. The van der Waals surface area contributed by atoms with E-state index in [4.69, 9.17) is 9.72 Å². The van der Waals surface area contributed by atoms with E-state index in [-0.39, 0.29) is 11.7 Å². The largest absolute Gasteiger partial charge is 0.378 e. The number of hydrogen-bond donors (Lipinski definition) is 0. The molecule has 1 fully saturated rings. The second kappa shape index (κ2) is 6.96. The Morgan fingerprint density at radius 2 is 1.80 bits per heavy atom. The minimum atomic E-state index is -0.268. The molecule has 25 heavy (non-hydrogen) atoms. The van der Waals surface area contributed by atoms with E-state index in [2.05, 4.69) is 4.57 Å². The number of hydrogen-bond acceptors (Lipinski definition) is 3. The van der Waals surface area contributed by atoms with Crippen LogP contribution in [0.3, 0.4) is 0 Å². The van der Waals surface area contributed by atoms with Gasteiger partial charge in [0.15, 0.2) is 0 Å². The van der Waals surface area contributed by atoms with Gasteiger partial charge in [0.2, 0.25) is 0 Å². The van der Waals surface area contributed by atoms with Crippen LogP contribution in [0.1, 0.15) is 35.4 Å². The molecule has 2 aliphatic heterocycles. The molecule has 6 heteroatoms. The first-order chi connectivity index (χ1) is 12.2. The van der Waals surface area contributed by atoms with Gasteiger partial charge in [0.05, 0.1) is 18.9 Å². The molecule has 0 aliphatic carbocycles. The smallest absolute Gasteiger partial charge is 0.274 e. The minimum absolute atomic E-state index is 0.0117. The Bertz CT molecular complexity index is 764. The van der Waals surface area contributed by atoms with Gasteiger partial charge in [-0.1, -0.05) is 6.42 Å². The number of benzene rings is 1. The average molecular weight is 343 g/mol. The lowest BCUT2D eigenvalue weighted by Crippen LogP contribution is -2.41. The van der Waals surface area contributed by atoms with Gasteiger partial charge in [-0.05, 0) is 43.5 Å². The van der Waals surface area contributed by atoms with E-state index in [1.807, 2.05) is 4.90 Å². The standard InChI is InChI=1S/C19H22FN3O2/c20-15-7-5-14(6-8-15)18-21-17(16-4-2-1-3-9-23(16)18)19(24)22-10-12-25-13-11-22/h5-8H,1-4,9-13H2. The molecule has 1 aromatic heterocycles. The van der Waals surface area contributed by atoms with E-state index in [0.29, 0.717) is 32.0 Å². The summed E-state index contributed by atoms with van der Waals surface area (Å²) in [5.41, 5.74) is 2.43. The number of morpholine rings is 1. The van der Waals surface area contributed by atoms with E-state index in [9.17, 15) is 9.18 Å². The Kier molecular flexibility index (Phi) is 4.53. The number of aromatic nitrogens is 2. The molecule has 0 radical (unpaired) electrons. The SMILES string of the molecule is O=C(c1nc(-c2ccc(F)cc2)n2c1CCCCC2)N1CCOCC1. The third-order valence-corrected chi connectivity index (χ3v) is 4.97. The fourth-order valence-electron chi connectivity index (χ4n) is 3.63. The van der Waals surface area contributed by atoms with Gasteiger partial charge in [-0.25, -0.2) is 9.37 Å². The lowest BCUT2D eigenvalue weighted by Gasteiger charge is -2.26. The maximum absolute atomic E-state index is 13.3. The molecule has 5 nitrogen and oxygen atoms in total. The molecule has 0 atom stereocenters. The van der Waals surface area contributed by atoms with Gasteiger partial charge in [-0.15, -0.1) is 0 Å². The number of ether oxygens (including phenoxy) is 1. The predicted octanol–water partition coefficient (Wildman–Crippen LogP) is 2.89. The van der Waals surface area contributed by atoms with Crippen molar-refractivity contribution in [2.75, 3.05) is 26.3 Å². The Hall–Kier alpha value is -2.21. The number of carbonyl (C=O) groups excluding carboxylic acids is 1. The minimum Gasteiger partial charge on any atom is -0.378 e. The first-order valence-corrected chi connectivity index (χ1v) is 8.96. The summed E-state index contributed by atoms with van der Waals surface area (Å²) in [5.74, 6) is 0.492. The van der Waals surface area contributed by atoms with Crippen molar-refractivity contribution < 1.29 is 13.9 Å². The van der Waals surface area contributed by atoms with Gasteiger partial charge in [-0.3, -0.25) is 4.79 Å².